The van der Waals surface area contributed by atoms with Crippen LogP contribution in [-0.2, 0) is 18.9 Å². The van der Waals surface area contributed by atoms with Crippen LogP contribution >= 0.6 is 0 Å². The van der Waals surface area contributed by atoms with Crippen LogP contribution < -0.4 is 0 Å². The van der Waals surface area contributed by atoms with E-state index < -0.39 is 0 Å². The minimum absolute atomic E-state index is 0.273. The summed E-state index contributed by atoms with van der Waals surface area (Å²) in [4.78, 5) is 0. The van der Waals surface area contributed by atoms with E-state index in [1.165, 1.54) is 0 Å². The maximum atomic E-state index is 5.66. The molecule has 0 saturated carbocycles. The Morgan fingerprint density at radius 3 is 1.44 bits per heavy atom. The summed E-state index contributed by atoms with van der Waals surface area (Å²) >= 11 is 0. The van der Waals surface area contributed by atoms with Crippen LogP contribution in [0.1, 0.15) is 26.7 Å². The third-order valence-electron chi connectivity index (χ3n) is 3.53. The van der Waals surface area contributed by atoms with Gasteiger partial charge in [-0.2, -0.15) is 0 Å². The Kier molecular flexibility index (Phi) is 5.01. The van der Waals surface area contributed by atoms with Crippen molar-refractivity contribution >= 4 is 0 Å². The molecule has 18 heavy (non-hydrogen) atoms. The fourth-order valence-corrected chi connectivity index (χ4v) is 2.11. The third-order valence-corrected chi connectivity index (χ3v) is 3.53. The van der Waals surface area contributed by atoms with Gasteiger partial charge in [-0.15, -0.1) is 0 Å². The summed E-state index contributed by atoms with van der Waals surface area (Å²) in [5, 5.41) is 0. The highest BCUT2D eigenvalue weighted by Crippen LogP contribution is 2.27. The van der Waals surface area contributed by atoms with Gasteiger partial charge in [-0.3, -0.25) is 0 Å². The van der Waals surface area contributed by atoms with Crippen LogP contribution in [0, 0.1) is 10.8 Å². The van der Waals surface area contributed by atoms with Crippen molar-refractivity contribution in [3.8, 4) is 0 Å². The summed E-state index contributed by atoms with van der Waals surface area (Å²) < 4.78 is 21.7. The van der Waals surface area contributed by atoms with Crippen molar-refractivity contribution in [1.82, 2.24) is 0 Å². The van der Waals surface area contributed by atoms with Crippen LogP contribution in [0.3, 0.4) is 0 Å². The highest BCUT2D eigenvalue weighted by Gasteiger charge is 2.34. The van der Waals surface area contributed by atoms with E-state index in [2.05, 4.69) is 13.8 Å². The molecule has 0 spiro atoms. The SMILES string of the molecule is CC1(COCCCCOCC2(C)COC2)COC1. The molecule has 106 valence electrons. The lowest BCUT2D eigenvalue weighted by Crippen LogP contribution is -2.43. The maximum absolute atomic E-state index is 5.66. The van der Waals surface area contributed by atoms with E-state index in [0.717, 1.165) is 65.7 Å². The first kappa shape index (κ1) is 14.3. The predicted molar refractivity (Wildman–Crippen MR) is 68.7 cm³/mol. The minimum Gasteiger partial charge on any atom is -0.381 e. The summed E-state index contributed by atoms with van der Waals surface area (Å²) in [7, 11) is 0. The van der Waals surface area contributed by atoms with Gasteiger partial charge in [-0.1, -0.05) is 13.8 Å². The molecular formula is C14H26O4. The smallest absolute Gasteiger partial charge is 0.0564 e. The molecular weight excluding hydrogens is 232 g/mol. The van der Waals surface area contributed by atoms with Gasteiger partial charge in [0.1, 0.15) is 0 Å². The molecule has 0 aromatic carbocycles. The summed E-state index contributed by atoms with van der Waals surface area (Å²) in [6, 6.07) is 0. The normalized spacial score (nSPS) is 24.3. The van der Waals surface area contributed by atoms with Gasteiger partial charge in [0.05, 0.1) is 39.6 Å². The van der Waals surface area contributed by atoms with E-state index in [1.807, 2.05) is 0 Å². The van der Waals surface area contributed by atoms with Gasteiger partial charge in [0.15, 0.2) is 0 Å². The fraction of sp³-hybridized carbons (Fsp3) is 1.00. The highest BCUT2D eigenvalue weighted by atomic mass is 16.5. The van der Waals surface area contributed by atoms with E-state index >= 15 is 0 Å². The van der Waals surface area contributed by atoms with Gasteiger partial charge in [0.25, 0.3) is 0 Å². The zero-order chi connectivity index (χ0) is 12.9. The van der Waals surface area contributed by atoms with E-state index in [0.29, 0.717) is 0 Å². The monoisotopic (exact) mass is 258 g/mol. The van der Waals surface area contributed by atoms with Crippen molar-refractivity contribution in [3.63, 3.8) is 0 Å². The summed E-state index contributed by atoms with van der Waals surface area (Å²) in [6.07, 6.45) is 2.15. The van der Waals surface area contributed by atoms with Gasteiger partial charge in [-0.05, 0) is 12.8 Å². The van der Waals surface area contributed by atoms with Crippen LogP contribution in [0.15, 0.2) is 0 Å². The van der Waals surface area contributed by atoms with Gasteiger partial charge in [0, 0.05) is 24.0 Å². The molecule has 0 aromatic heterocycles. The van der Waals surface area contributed by atoms with Crippen molar-refractivity contribution in [1.29, 1.82) is 0 Å². The van der Waals surface area contributed by atoms with Crippen molar-refractivity contribution in [2.24, 2.45) is 10.8 Å². The quantitative estimate of drug-likeness (QED) is 0.592. The highest BCUT2D eigenvalue weighted by molar-refractivity contribution is 4.80. The van der Waals surface area contributed by atoms with Gasteiger partial charge in [-0.25, -0.2) is 0 Å². The van der Waals surface area contributed by atoms with Crippen molar-refractivity contribution in [2.45, 2.75) is 26.7 Å². The van der Waals surface area contributed by atoms with Crippen LogP contribution in [-0.4, -0.2) is 52.9 Å². The molecule has 0 atom stereocenters. The Morgan fingerprint density at radius 1 is 0.778 bits per heavy atom. The van der Waals surface area contributed by atoms with Crippen molar-refractivity contribution in [3.05, 3.63) is 0 Å². The molecule has 4 nitrogen and oxygen atoms in total. The first-order valence-corrected chi connectivity index (χ1v) is 6.93. The summed E-state index contributed by atoms with van der Waals surface area (Å²) in [5.74, 6) is 0. The number of hydrogen-bond donors (Lipinski definition) is 0. The van der Waals surface area contributed by atoms with E-state index in [9.17, 15) is 0 Å². The first-order chi connectivity index (χ1) is 8.62. The zero-order valence-corrected chi connectivity index (χ0v) is 11.7. The summed E-state index contributed by atoms with van der Waals surface area (Å²) in [6.45, 7) is 11.1. The van der Waals surface area contributed by atoms with E-state index in [4.69, 9.17) is 18.9 Å². The predicted octanol–water partition coefficient (Wildman–Crippen LogP) is 1.87. The zero-order valence-electron chi connectivity index (χ0n) is 11.7. The first-order valence-electron chi connectivity index (χ1n) is 6.93. The molecule has 0 radical (unpaired) electrons. The second-order valence-electron chi connectivity index (χ2n) is 6.42. The topological polar surface area (TPSA) is 36.9 Å². The molecule has 0 bridgehead atoms. The average Bonchev–Trinajstić information content (AvgIpc) is 2.28. The molecule has 0 aliphatic carbocycles. The second kappa shape index (κ2) is 6.33. The van der Waals surface area contributed by atoms with Crippen molar-refractivity contribution < 1.29 is 18.9 Å². The molecule has 2 saturated heterocycles. The average molecular weight is 258 g/mol. The largest absolute Gasteiger partial charge is 0.381 e. The second-order valence-corrected chi connectivity index (χ2v) is 6.42. The molecule has 0 unspecified atom stereocenters. The summed E-state index contributed by atoms with van der Waals surface area (Å²) in [5.41, 5.74) is 0.546. The van der Waals surface area contributed by atoms with Crippen molar-refractivity contribution in [2.75, 3.05) is 52.9 Å². The number of hydrogen-bond acceptors (Lipinski definition) is 4. The maximum Gasteiger partial charge on any atom is 0.0564 e. The van der Waals surface area contributed by atoms with Crippen LogP contribution in [0.5, 0.6) is 0 Å². The number of rotatable bonds is 9. The molecule has 4 heteroatoms. The third kappa shape index (κ3) is 4.19. The lowest BCUT2D eigenvalue weighted by atomic mass is 9.90. The number of unbranched alkanes of at least 4 members (excludes halogenated alkanes) is 1. The lowest BCUT2D eigenvalue weighted by Gasteiger charge is -2.37. The lowest BCUT2D eigenvalue weighted by molar-refractivity contribution is -0.141. The van der Waals surface area contributed by atoms with Gasteiger partial charge >= 0.3 is 0 Å². The molecule has 0 aromatic rings. The Balaban J connectivity index is 1.35. The molecule has 2 aliphatic heterocycles. The molecule has 2 fully saturated rings. The molecule has 2 heterocycles. The Morgan fingerprint density at radius 2 is 1.17 bits per heavy atom. The van der Waals surface area contributed by atoms with Gasteiger partial charge < -0.3 is 18.9 Å². The number of ether oxygens (including phenoxy) is 4. The molecule has 2 aliphatic rings. The molecule has 0 amide bonds. The Hall–Kier alpha value is -0.160. The fourth-order valence-electron chi connectivity index (χ4n) is 2.11. The van der Waals surface area contributed by atoms with Gasteiger partial charge in [0.2, 0.25) is 0 Å². The van der Waals surface area contributed by atoms with E-state index in [-0.39, 0.29) is 10.8 Å². The van der Waals surface area contributed by atoms with E-state index in [1.54, 1.807) is 0 Å². The standard InChI is InChI=1S/C14H26O4/c1-13(9-17-10-13)7-15-5-3-4-6-16-8-14(2)11-18-12-14/h3-12H2,1-2H3. The molecule has 2 rings (SSSR count). The van der Waals surface area contributed by atoms with Crippen LogP contribution in [0.4, 0.5) is 0 Å². The Bertz CT molecular complexity index is 220. The Labute approximate surface area is 110 Å². The van der Waals surface area contributed by atoms with Crippen LogP contribution in [0.2, 0.25) is 0 Å². The molecule has 0 N–H and O–H groups in total. The minimum atomic E-state index is 0.273. The van der Waals surface area contributed by atoms with Crippen LogP contribution in [0.25, 0.3) is 0 Å².